The molecule has 0 fully saturated rings. The average Bonchev–Trinajstić information content (AvgIpc) is 2.25. The van der Waals surface area contributed by atoms with Gasteiger partial charge in [-0.2, -0.15) is 0 Å². The molecule has 1 rings (SSSR count). The smallest absolute Gasteiger partial charge is 0.147 e. The molecule has 0 N–H and O–H groups in total. The zero-order valence-corrected chi connectivity index (χ0v) is 9.16. The molecule has 2 heteroatoms. The minimum absolute atomic E-state index is 0.110. The van der Waals surface area contributed by atoms with Crippen LogP contribution in [0.3, 0.4) is 0 Å². The van der Waals surface area contributed by atoms with Crippen LogP contribution in [-0.4, -0.2) is 19.5 Å². The molecule has 14 heavy (non-hydrogen) atoms. The van der Waals surface area contributed by atoms with E-state index in [0.29, 0.717) is 6.79 Å². The van der Waals surface area contributed by atoms with E-state index in [9.17, 15) is 0 Å². The van der Waals surface area contributed by atoms with E-state index < -0.39 is 0 Å². The molecule has 0 radical (unpaired) electrons. The molecule has 1 aliphatic rings. The SMILES string of the molecule is CCCCC1(OCOC)C=CC=CC1. The van der Waals surface area contributed by atoms with Crippen LogP contribution in [-0.2, 0) is 9.47 Å². The summed E-state index contributed by atoms with van der Waals surface area (Å²) in [6, 6.07) is 0. The van der Waals surface area contributed by atoms with Crippen LogP contribution in [0, 0.1) is 0 Å². The number of rotatable bonds is 6. The van der Waals surface area contributed by atoms with Crippen LogP contribution in [0.15, 0.2) is 24.3 Å². The summed E-state index contributed by atoms with van der Waals surface area (Å²) in [6.07, 6.45) is 12.9. The van der Waals surface area contributed by atoms with Gasteiger partial charge in [-0.15, -0.1) is 0 Å². The van der Waals surface area contributed by atoms with Gasteiger partial charge in [-0.05, 0) is 12.8 Å². The molecular formula is C12H20O2. The molecule has 0 saturated heterocycles. The van der Waals surface area contributed by atoms with Crippen molar-refractivity contribution >= 4 is 0 Å². The number of methoxy groups -OCH3 is 1. The highest BCUT2D eigenvalue weighted by atomic mass is 16.7. The Bertz CT molecular complexity index is 198. The minimum Gasteiger partial charge on any atom is -0.359 e. The van der Waals surface area contributed by atoms with Gasteiger partial charge in [0.05, 0.1) is 5.60 Å². The van der Waals surface area contributed by atoms with Gasteiger partial charge in [-0.25, -0.2) is 0 Å². The van der Waals surface area contributed by atoms with Crippen LogP contribution in [0.4, 0.5) is 0 Å². The fourth-order valence-electron chi connectivity index (χ4n) is 1.66. The second-order valence-corrected chi connectivity index (χ2v) is 3.71. The van der Waals surface area contributed by atoms with Crippen molar-refractivity contribution in [2.45, 2.75) is 38.2 Å². The maximum absolute atomic E-state index is 5.76. The number of hydrogen-bond donors (Lipinski definition) is 0. The molecule has 0 amide bonds. The van der Waals surface area contributed by atoms with Crippen LogP contribution in [0.5, 0.6) is 0 Å². The summed E-state index contributed by atoms with van der Waals surface area (Å²) in [5, 5.41) is 0. The Labute approximate surface area is 86.6 Å². The second kappa shape index (κ2) is 5.99. The lowest BCUT2D eigenvalue weighted by Gasteiger charge is -2.31. The van der Waals surface area contributed by atoms with Crippen molar-refractivity contribution in [3.8, 4) is 0 Å². The summed E-state index contributed by atoms with van der Waals surface area (Å²) >= 11 is 0. The molecule has 80 valence electrons. The maximum atomic E-state index is 5.76. The van der Waals surface area contributed by atoms with Gasteiger partial charge in [0, 0.05) is 7.11 Å². The zero-order valence-electron chi connectivity index (χ0n) is 9.16. The predicted molar refractivity (Wildman–Crippen MR) is 58.1 cm³/mol. The van der Waals surface area contributed by atoms with E-state index in [1.54, 1.807) is 7.11 Å². The Morgan fingerprint density at radius 2 is 2.21 bits per heavy atom. The first-order chi connectivity index (χ1) is 6.83. The summed E-state index contributed by atoms with van der Waals surface area (Å²) in [5.41, 5.74) is -0.110. The summed E-state index contributed by atoms with van der Waals surface area (Å²) in [5.74, 6) is 0. The lowest BCUT2D eigenvalue weighted by Crippen LogP contribution is -2.31. The van der Waals surface area contributed by atoms with Crippen molar-refractivity contribution in [3.63, 3.8) is 0 Å². The fourth-order valence-corrected chi connectivity index (χ4v) is 1.66. The second-order valence-electron chi connectivity index (χ2n) is 3.71. The van der Waals surface area contributed by atoms with Gasteiger partial charge in [0.2, 0.25) is 0 Å². The number of hydrogen-bond acceptors (Lipinski definition) is 2. The number of ether oxygens (including phenoxy) is 2. The third-order valence-electron chi connectivity index (χ3n) is 2.53. The van der Waals surface area contributed by atoms with Crippen molar-refractivity contribution in [1.82, 2.24) is 0 Å². The van der Waals surface area contributed by atoms with Gasteiger partial charge in [-0.1, -0.05) is 44.1 Å². The van der Waals surface area contributed by atoms with Crippen molar-refractivity contribution in [1.29, 1.82) is 0 Å². The molecule has 0 aromatic heterocycles. The van der Waals surface area contributed by atoms with Crippen molar-refractivity contribution < 1.29 is 9.47 Å². The van der Waals surface area contributed by atoms with Crippen LogP contribution >= 0.6 is 0 Å². The molecule has 0 aromatic rings. The molecule has 0 saturated carbocycles. The van der Waals surface area contributed by atoms with Crippen LogP contribution < -0.4 is 0 Å². The first kappa shape index (κ1) is 11.5. The Morgan fingerprint density at radius 3 is 2.79 bits per heavy atom. The first-order valence-electron chi connectivity index (χ1n) is 5.30. The van der Waals surface area contributed by atoms with Crippen LogP contribution in [0.25, 0.3) is 0 Å². The van der Waals surface area contributed by atoms with Crippen molar-refractivity contribution in [2.75, 3.05) is 13.9 Å². The quantitative estimate of drug-likeness (QED) is 0.608. The molecule has 2 nitrogen and oxygen atoms in total. The molecule has 0 bridgehead atoms. The van der Waals surface area contributed by atoms with Gasteiger partial charge in [-0.3, -0.25) is 0 Å². The van der Waals surface area contributed by atoms with E-state index in [-0.39, 0.29) is 5.60 Å². The van der Waals surface area contributed by atoms with Crippen LogP contribution in [0.1, 0.15) is 32.6 Å². The van der Waals surface area contributed by atoms with E-state index in [1.807, 2.05) is 0 Å². The van der Waals surface area contributed by atoms with Gasteiger partial charge >= 0.3 is 0 Å². The van der Waals surface area contributed by atoms with Gasteiger partial charge in [0.25, 0.3) is 0 Å². The normalized spacial score (nSPS) is 25.6. The lowest BCUT2D eigenvalue weighted by atomic mass is 9.89. The molecule has 0 aromatic carbocycles. The highest BCUT2D eigenvalue weighted by Crippen LogP contribution is 2.28. The third-order valence-corrected chi connectivity index (χ3v) is 2.53. The Kier molecular flexibility index (Phi) is 4.91. The Hall–Kier alpha value is -0.600. The Morgan fingerprint density at radius 1 is 1.36 bits per heavy atom. The monoisotopic (exact) mass is 196 g/mol. The average molecular weight is 196 g/mol. The van der Waals surface area contributed by atoms with Crippen molar-refractivity contribution in [3.05, 3.63) is 24.3 Å². The molecule has 1 atom stereocenters. The summed E-state index contributed by atoms with van der Waals surface area (Å²) in [7, 11) is 1.66. The van der Waals surface area contributed by atoms with Gasteiger partial charge in [0.15, 0.2) is 0 Å². The third kappa shape index (κ3) is 3.28. The van der Waals surface area contributed by atoms with Gasteiger partial charge < -0.3 is 9.47 Å². The first-order valence-corrected chi connectivity index (χ1v) is 5.30. The fraction of sp³-hybridized carbons (Fsp3) is 0.667. The highest BCUT2D eigenvalue weighted by Gasteiger charge is 2.27. The summed E-state index contributed by atoms with van der Waals surface area (Å²) in [4.78, 5) is 0. The Balaban J connectivity index is 2.50. The molecule has 1 unspecified atom stereocenters. The van der Waals surface area contributed by atoms with E-state index in [2.05, 4.69) is 31.2 Å². The topological polar surface area (TPSA) is 18.5 Å². The van der Waals surface area contributed by atoms with Crippen molar-refractivity contribution in [2.24, 2.45) is 0 Å². The largest absolute Gasteiger partial charge is 0.359 e. The molecule has 0 aliphatic heterocycles. The lowest BCUT2D eigenvalue weighted by molar-refractivity contribution is -0.111. The molecule has 0 heterocycles. The maximum Gasteiger partial charge on any atom is 0.147 e. The number of unbranched alkanes of at least 4 members (excludes halogenated alkanes) is 1. The van der Waals surface area contributed by atoms with Crippen LogP contribution in [0.2, 0.25) is 0 Å². The van der Waals surface area contributed by atoms with E-state index >= 15 is 0 Å². The summed E-state index contributed by atoms with van der Waals surface area (Å²) < 4.78 is 10.7. The predicted octanol–water partition coefficient (Wildman–Crippen LogP) is 3.05. The van der Waals surface area contributed by atoms with E-state index in [4.69, 9.17) is 9.47 Å². The zero-order chi connectivity index (χ0) is 10.3. The van der Waals surface area contributed by atoms with Gasteiger partial charge in [0.1, 0.15) is 6.79 Å². The molecule has 0 spiro atoms. The molecule has 1 aliphatic carbocycles. The standard InChI is InChI=1S/C12H20O2/c1-3-4-8-12(14-11-13-2)9-6-5-7-10-12/h5-7,9H,3-4,8,10-11H2,1-2H3. The minimum atomic E-state index is -0.110. The highest BCUT2D eigenvalue weighted by molar-refractivity contribution is 5.18. The van der Waals surface area contributed by atoms with E-state index in [0.717, 1.165) is 12.8 Å². The van der Waals surface area contributed by atoms with E-state index in [1.165, 1.54) is 12.8 Å². The molecular weight excluding hydrogens is 176 g/mol. The summed E-state index contributed by atoms with van der Waals surface area (Å²) in [6.45, 7) is 2.58. The number of allylic oxidation sites excluding steroid dienone is 2.